The molecule has 0 nitrogen and oxygen atoms in total. The second-order valence-electron chi connectivity index (χ2n) is 2.82. The lowest BCUT2D eigenvalue weighted by Crippen LogP contribution is -1.81. The highest BCUT2D eigenvalue weighted by atomic mass is 127. The maximum atomic E-state index is 2.35. The summed E-state index contributed by atoms with van der Waals surface area (Å²) in [6.45, 7) is 2.13. The lowest BCUT2D eigenvalue weighted by atomic mass is 10.1. The molecule has 0 heterocycles. The molecular formula is C11H13I. The van der Waals surface area contributed by atoms with Crippen LogP contribution in [0.1, 0.15) is 18.9 Å². The van der Waals surface area contributed by atoms with Crippen molar-refractivity contribution in [2.45, 2.75) is 19.8 Å². The van der Waals surface area contributed by atoms with E-state index >= 15 is 0 Å². The normalized spacial score (nSPS) is 11.7. The smallest absolute Gasteiger partial charge is 0.0165 e. The van der Waals surface area contributed by atoms with Crippen molar-refractivity contribution in [2.75, 3.05) is 0 Å². The van der Waals surface area contributed by atoms with E-state index in [4.69, 9.17) is 0 Å². The van der Waals surface area contributed by atoms with Crippen molar-refractivity contribution >= 4 is 22.6 Å². The van der Waals surface area contributed by atoms with Crippen molar-refractivity contribution in [1.82, 2.24) is 0 Å². The zero-order chi connectivity index (χ0) is 8.81. The molecule has 0 fully saturated rings. The summed E-state index contributed by atoms with van der Waals surface area (Å²) in [6, 6.07) is 10.6. The van der Waals surface area contributed by atoms with E-state index in [1.54, 1.807) is 0 Å². The molecule has 12 heavy (non-hydrogen) atoms. The molecule has 0 aliphatic carbocycles. The summed E-state index contributed by atoms with van der Waals surface area (Å²) in [5, 5.41) is 0. The third kappa shape index (κ3) is 3.90. The van der Waals surface area contributed by atoms with Crippen LogP contribution in [0.2, 0.25) is 0 Å². The molecule has 0 saturated heterocycles. The van der Waals surface area contributed by atoms with E-state index in [-0.39, 0.29) is 0 Å². The van der Waals surface area contributed by atoms with Crippen LogP contribution in [0.5, 0.6) is 0 Å². The fourth-order valence-corrected chi connectivity index (χ4v) is 1.39. The van der Waals surface area contributed by atoms with E-state index in [1.165, 1.54) is 9.14 Å². The fourth-order valence-electron chi connectivity index (χ4n) is 1.08. The molecule has 0 atom stereocenters. The van der Waals surface area contributed by atoms with Crippen molar-refractivity contribution in [3.63, 3.8) is 0 Å². The highest BCUT2D eigenvalue weighted by molar-refractivity contribution is 14.1. The van der Waals surface area contributed by atoms with Gasteiger partial charge in [0.15, 0.2) is 0 Å². The summed E-state index contributed by atoms with van der Waals surface area (Å²) < 4.78 is 1.38. The molecular weight excluding hydrogens is 259 g/mol. The first kappa shape index (κ1) is 9.78. The first-order valence-corrected chi connectivity index (χ1v) is 5.23. The minimum Gasteiger partial charge on any atom is -0.0752 e. The average Bonchev–Trinajstić information content (AvgIpc) is 2.05. The van der Waals surface area contributed by atoms with Crippen LogP contribution < -0.4 is 0 Å². The van der Waals surface area contributed by atoms with E-state index in [9.17, 15) is 0 Å². The van der Waals surface area contributed by atoms with E-state index in [0.29, 0.717) is 0 Å². The molecule has 0 bridgehead atoms. The lowest BCUT2D eigenvalue weighted by Gasteiger charge is -1.96. The summed E-state index contributed by atoms with van der Waals surface area (Å²) in [5.74, 6) is 0. The van der Waals surface area contributed by atoms with Crippen LogP contribution in [0.25, 0.3) is 0 Å². The molecule has 0 aliphatic rings. The molecule has 0 aliphatic heterocycles. The Balaban J connectivity index is 2.39. The first-order chi connectivity index (χ1) is 5.79. The summed E-state index contributed by atoms with van der Waals surface area (Å²) >= 11 is 2.35. The van der Waals surface area contributed by atoms with Crippen molar-refractivity contribution in [1.29, 1.82) is 0 Å². The van der Waals surface area contributed by atoms with Gasteiger partial charge in [0.25, 0.3) is 0 Å². The van der Waals surface area contributed by atoms with Gasteiger partial charge in [0.05, 0.1) is 0 Å². The van der Waals surface area contributed by atoms with Gasteiger partial charge in [0.1, 0.15) is 0 Å². The number of allylic oxidation sites excluding steroid dienone is 2. The standard InChI is InChI=1S/C11H13I/c1-10(12)6-5-9-11-7-3-2-4-8-11/h2-4,6-8H,5,9H2,1H3/b10-6-. The van der Waals surface area contributed by atoms with Gasteiger partial charge in [-0.25, -0.2) is 0 Å². The van der Waals surface area contributed by atoms with Gasteiger partial charge in [0, 0.05) is 0 Å². The first-order valence-electron chi connectivity index (χ1n) is 4.15. The maximum absolute atomic E-state index is 2.35. The van der Waals surface area contributed by atoms with Gasteiger partial charge in [-0.15, -0.1) is 0 Å². The molecule has 64 valence electrons. The Labute approximate surface area is 87.8 Å². The minimum absolute atomic E-state index is 1.15. The molecule has 0 aromatic heterocycles. The summed E-state index contributed by atoms with van der Waals surface area (Å²) in [6.07, 6.45) is 4.58. The van der Waals surface area contributed by atoms with Crippen LogP contribution in [0.4, 0.5) is 0 Å². The number of rotatable bonds is 3. The van der Waals surface area contributed by atoms with E-state index in [2.05, 4.69) is 65.9 Å². The van der Waals surface area contributed by atoms with Gasteiger partial charge in [-0.1, -0.05) is 36.4 Å². The Hall–Kier alpha value is -0.310. The molecule has 0 saturated carbocycles. The zero-order valence-corrected chi connectivity index (χ0v) is 9.41. The van der Waals surface area contributed by atoms with Gasteiger partial charge in [-0.2, -0.15) is 0 Å². The number of hydrogen-bond donors (Lipinski definition) is 0. The quantitative estimate of drug-likeness (QED) is 0.731. The number of aryl methyl sites for hydroxylation is 1. The van der Waals surface area contributed by atoms with Crippen molar-refractivity contribution in [3.05, 3.63) is 45.6 Å². The van der Waals surface area contributed by atoms with Crippen LogP contribution in [0, 0.1) is 0 Å². The van der Waals surface area contributed by atoms with Crippen LogP contribution >= 0.6 is 22.6 Å². The largest absolute Gasteiger partial charge is 0.0752 e. The topological polar surface area (TPSA) is 0 Å². The fraction of sp³-hybridized carbons (Fsp3) is 0.273. The van der Waals surface area contributed by atoms with Crippen molar-refractivity contribution in [3.8, 4) is 0 Å². The molecule has 1 rings (SSSR count). The van der Waals surface area contributed by atoms with Gasteiger partial charge in [-0.05, 0) is 51.5 Å². The monoisotopic (exact) mass is 272 g/mol. The second-order valence-corrected chi connectivity index (χ2v) is 4.52. The van der Waals surface area contributed by atoms with Crippen LogP contribution in [-0.4, -0.2) is 0 Å². The molecule has 1 aromatic rings. The molecule has 0 radical (unpaired) electrons. The Morgan fingerprint density at radius 3 is 2.58 bits per heavy atom. The minimum atomic E-state index is 1.15. The van der Waals surface area contributed by atoms with Gasteiger partial charge in [-0.3, -0.25) is 0 Å². The lowest BCUT2D eigenvalue weighted by molar-refractivity contribution is 0.999. The SMILES string of the molecule is C/C(I)=C/CCc1ccccc1. The Morgan fingerprint density at radius 1 is 1.33 bits per heavy atom. The number of benzene rings is 1. The van der Waals surface area contributed by atoms with Crippen LogP contribution in [0.15, 0.2) is 40.0 Å². The third-order valence-corrected chi connectivity index (χ3v) is 2.14. The van der Waals surface area contributed by atoms with Gasteiger partial charge >= 0.3 is 0 Å². The molecule has 0 amide bonds. The van der Waals surface area contributed by atoms with Gasteiger partial charge in [0.2, 0.25) is 0 Å². The van der Waals surface area contributed by atoms with Crippen LogP contribution in [-0.2, 0) is 6.42 Å². The average molecular weight is 272 g/mol. The molecule has 1 aromatic carbocycles. The molecule has 0 N–H and O–H groups in total. The summed E-state index contributed by atoms with van der Waals surface area (Å²) in [5.41, 5.74) is 1.42. The number of halogens is 1. The highest BCUT2D eigenvalue weighted by Crippen LogP contribution is 2.08. The Kier molecular flexibility index (Phi) is 4.36. The maximum Gasteiger partial charge on any atom is -0.0165 e. The third-order valence-electron chi connectivity index (χ3n) is 1.70. The predicted octanol–water partition coefficient (Wildman–Crippen LogP) is 3.96. The summed E-state index contributed by atoms with van der Waals surface area (Å²) in [4.78, 5) is 0. The van der Waals surface area contributed by atoms with Crippen LogP contribution in [0.3, 0.4) is 0 Å². The van der Waals surface area contributed by atoms with Crippen molar-refractivity contribution in [2.24, 2.45) is 0 Å². The number of hydrogen-bond acceptors (Lipinski definition) is 0. The molecule has 0 unspecified atom stereocenters. The van der Waals surface area contributed by atoms with Gasteiger partial charge < -0.3 is 0 Å². The van der Waals surface area contributed by atoms with Crippen molar-refractivity contribution < 1.29 is 0 Å². The van der Waals surface area contributed by atoms with E-state index in [0.717, 1.165) is 12.8 Å². The van der Waals surface area contributed by atoms with E-state index in [1.807, 2.05) is 0 Å². The zero-order valence-electron chi connectivity index (χ0n) is 7.26. The predicted molar refractivity (Wildman–Crippen MR) is 62.5 cm³/mol. The Morgan fingerprint density at radius 2 is 2.00 bits per heavy atom. The molecule has 0 spiro atoms. The highest BCUT2D eigenvalue weighted by Gasteiger charge is 1.88. The second kappa shape index (κ2) is 5.36. The Bertz CT molecular complexity index is 245. The molecule has 1 heteroatoms. The summed E-state index contributed by atoms with van der Waals surface area (Å²) in [7, 11) is 0. The van der Waals surface area contributed by atoms with E-state index < -0.39 is 0 Å².